The highest BCUT2D eigenvalue weighted by molar-refractivity contribution is 6.09. The highest BCUT2D eigenvalue weighted by atomic mass is 19.4. The molecule has 3 N–H and O–H groups in total. The van der Waals surface area contributed by atoms with Crippen molar-refractivity contribution in [2.75, 3.05) is 10.2 Å². The molecule has 0 unspecified atom stereocenters. The first-order valence-corrected chi connectivity index (χ1v) is 13.6. The maximum atomic E-state index is 14.1. The number of carbonyl (C=O) groups excluding carboxylic acids is 1. The molecule has 0 spiro atoms. The van der Waals surface area contributed by atoms with Gasteiger partial charge in [0.25, 0.3) is 5.91 Å². The number of nitrogens with one attached hydrogen (secondary N) is 2. The fourth-order valence-electron chi connectivity index (χ4n) is 4.63. The van der Waals surface area contributed by atoms with Crippen molar-refractivity contribution < 1.29 is 32.6 Å². The largest absolute Gasteiger partial charge is 0.478 e. The van der Waals surface area contributed by atoms with Gasteiger partial charge in [0.05, 0.1) is 22.3 Å². The number of halogens is 3. The fourth-order valence-corrected chi connectivity index (χ4v) is 4.63. The second-order valence-corrected chi connectivity index (χ2v) is 10.4. The van der Waals surface area contributed by atoms with Crippen LogP contribution in [0.25, 0.3) is 11.0 Å². The quantitative estimate of drug-likeness (QED) is 0.160. The zero-order chi connectivity index (χ0) is 31.6. The number of carbonyl (C=O) groups is 2. The molecule has 0 aliphatic carbocycles. The average molecular weight is 604 g/mol. The van der Waals surface area contributed by atoms with E-state index >= 15 is 0 Å². The van der Waals surface area contributed by atoms with E-state index in [1.54, 1.807) is 44.2 Å². The van der Waals surface area contributed by atoms with Crippen LogP contribution in [0.5, 0.6) is 11.6 Å². The maximum absolute atomic E-state index is 14.1. The first-order chi connectivity index (χ1) is 20.9. The number of alkyl halides is 3. The number of carboxylic acid groups (broad SMARTS) is 1. The van der Waals surface area contributed by atoms with Crippen LogP contribution in [0.2, 0.25) is 0 Å². The first kappa shape index (κ1) is 30.1. The van der Waals surface area contributed by atoms with E-state index in [2.05, 4.69) is 20.3 Å². The highest BCUT2D eigenvalue weighted by Gasteiger charge is 2.36. The molecule has 44 heavy (non-hydrogen) atoms. The Kier molecular flexibility index (Phi) is 8.26. The minimum Gasteiger partial charge on any atom is -0.478 e. The Bertz CT molecular complexity index is 1800. The van der Waals surface area contributed by atoms with Gasteiger partial charge in [0.15, 0.2) is 0 Å². The third-order valence-corrected chi connectivity index (χ3v) is 6.77. The van der Waals surface area contributed by atoms with E-state index in [0.717, 1.165) is 23.2 Å². The summed E-state index contributed by atoms with van der Waals surface area (Å²) in [5.74, 6) is -2.36. The molecule has 0 bridgehead atoms. The topological polar surface area (TPSA) is 120 Å². The van der Waals surface area contributed by atoms with E-state index < -0.39 is 35.5 Å². The number of pyridine rings is 1. The van der Waals surface area contributed by atoms with Crippen molar-refractivity contribution in [2.45, 2.75) is 39.5 Å². The minimum absolute atomic E-state index is 0.00586. The number of aromatic nitrogens is 3. The fraction of sp³-hybridized carbons (Fsp3) is 0.188. The van der Waals surface area contributed by atoms with E-state index in [9.17, 15) is 27.9 Å². The first-order valence-electron chi connectivity index (χ1n) is 13.6. The van der Waals surface area contributed by atoms with Crippen molar-refractivity contribution in [3.8, 4) is 11.6 Å². The number of benzene rings is 3. The smallest absolute Gasteiger partial charge is 0.421 e. The van der Waals surface area contributed by atoms with Crippen molar-refractivity contribution in [2.24, 2.45) is 0 Å². The number of para-hydroxylation sites is 2. The number of hydrogen-bond donors (Lipinski definition) is 3. The molecule has 2 heterocycles. The number of anilines is 2. The molecule has 12 heteroatoms. The summed E-state index contributed by atoms with van der Waals surface area (Å²) in [4.78, 5) is 38.3. The Hall–Kier alpha value is -5.39. The molecule has 0 atom stereocenters. The van der Waals surface area contributed by atoms with Gasteiger partial charge in [-0.1, -0.05) is 29.8 Å². The van der Waals surface area contributed by atoms with Crippen molar-refractivity contribution in [3.05, 3.63) is 107 Å². The Morgan fingerprint density at radius 2 is 1.77 bits per heavy atom. The molecule has 0 saturated heterocycles. The molecule has 5 aromatic rings. The van der Waals surface area contributed by atoms with Gasteiger partial charge in [0.2, 0.25) is 11.8 Å². The SMILES string of the molecule is Cc1ccc(C(=O)N(c2ccc(Oc3ncc(CNc4nc5ccccc5[nH]4)cc3C(F)(F)F)cc2C(=O)O)C(C)C)cc1. The maximum Gasteiger partial charge on any atom is 0.421 e. The number of ether oxygens (including phenoxy) is 1. The van der Waals surface area contributed by atoms with E-state index in [1.165, 1.54) is 23.2 Å². The van der Waals surface area contributed by atoms with Gasteiger partial charge in [-0.05, 0) is 74.9 Å². The van der Waals surface area contributed by atoms with Crippen LogP contribution < -0.4 is 15.0 Å². The third kappa shape index (κ3) is 6.48. The lowest BCUT2D eigenvalue weighted by Crippen LogP contribution is -2.38. The van der Waals surface area contributed by atoms with Crippen molar-refractivity contribution in [1.82, 2.24) is 15.0 Å². The third-order valence-electron chi connectivity index (χ3n) is 6.77. The molecular formula is C32H28F3N5O4. The second-order valence-electron chi connectivity index (χ2n) is 10.4. The second kappa shape index (κ2) is 12.1. The number of aromatic amines is 1. The molecule has 5 rings (SSSR count). The molecule has 1 amide bonds. The molecular weight excluding hydrogens is 575 g/mol. The van der Waals surface area contributed by atoms with Gasteiger partial charge in [-0.15, -0.1) is 0 Å². The standard InChI is InChI=1S/C32H28F3N5O4/c1-18(2)40(29(41)21-10-8-19(3)9-11-21)27-13-12-22(15-23(27)30(42)43)44-28-24(32(33,34)35)14-20(16-36-28)17-37-31-38-25-6-4-5-7-26(25)39-31/h4-16,18H,17H2,1-3H3,(H,42,43)(H2,37,38,39). The van der Waals surface area contributed by atoms with Crippen LogP contribution in [0.4, 0.5) is 24.8 Å². The normalized spacial score (nSPS) is 11.5. The lowest BCUT2D eigenvalue weighted by molar-refractivity contribution is -0.138. The molecule has 9 nitrogen and oxygen atoms in total. The molecule has 0 aliphatic rings. The van der Waals surface area contributed by atoms with Crippen LogP contribution >= 0.6 is 0 Å². The number of carboxylic acids is 1. The Morgan fingerprint density at radius 1 is 1.05 bits per heavy atom. The number of aryl methyl sites for hydroxylation is 1. The number of H-pyrrole nitrogens is 1. The van der Waals surface area contributed by atoms with Crippen molar-refractivity contribution >= 4 is 34.5 Å². The van der Waals surface area contributed by atoms with Gasteiger partial charge in [-0.25, -0.2) is 14.8 Å². The number of rotatable bonds is 9. The molecule has 0 radical (unpaired) electrons. The molecule has 0 aliphatic heterocycles. The predicted molar refractivity (Wildman–Crippen MR) is 159 cm³/mol. The summed E-state index contributed by atoms with van der Waals surface area (Å²) in [5.41, 5.74) is 1.61. The summed E-state index contributed by atoms with van der Waals surface area (Å²) < 4.78 is 47.7. The van der Waals surface area contributed by atoms with Gasteiger partial charge in [0.1, 0.15) is 11.3 Å². The summed E-state index contributed by atoms with van der Waals surface area (Å²) >= 11 is 0. The highest BCUT2D eigenvalue weighted by Crippen LogP contribution is 2.38. The van der Waals surface area contributed by atoms with Gasteiger partial charge in [0, 0.05) is 24.3 Å². The van der Waals surface area contributed by atoms with Crippen molar-refractivity contribution in [1.29, 1.82) is 0 Å². The molecule has 2 aromatic heterocycles. The van der Waals surface area contributed by atoms with Gasteiger partial charge in [-0.2, -0.15) is 13.2 Å². The van der Waals surface area contributed by atoms with Crippen LogP contribution in [0.3, 0.4) is 0 Å². The summed E-state index contributed by atoms with van der Waals surface area (Å²) in [6.45, 7) is 5.33. The number of fused-ring (bicyclic) bond motifs is 1. The number of hydrogen-bond acceptors (Lipinski definition) is 6. The van der Waals surface area contributed by atoms with Gasteiger partial charge >= 0.3 is 12.1 Å². The van der Waals surface area contributed by atoms with Gasteiger partial charge < -0.3 is 25.0 Å². The van der Waals surface area contributed by atoms with Crippen LogP contribution in [-0.4, -0.2) is 38.0 Å². The lowest BCUT2D eigenvalue weighted by atomic mass is 10.1. The van der Waals surface area contributed by atoms with E-state index in [1.807, 2.05) is 25.1 Å². The van der Waals surface area contributed by atoms with E-state index in [0.29, 0.717) is 17.0 Å². The van der Waals surface area contributed by atoms with Crippen LogP contribution in [0.1, 0.15) is 51.3 Å². The summed E-state index contributed by atoms with van der Waals surface area (Å²) in [7, 11) is 0. The minimum atomic E-state index is -4.82. The molecule has 3 aromatic carbocycles. The molecule has 226 valence electrons. The van der Waals surface area contributed by atoms with Crippen molar-refractivity contribution in [3.63, 3.8) is 0 Å². The van der Waals surface area contributed by atoms with E-state index in [4.69, 9.17) is 4.74 Å². The van der Waals surface area contributed by atoms with Gasteiger partial charge in [-0.3, -0.25) is 4.79 Å². The Balaban J connectivity index is 1.42. The number of aromatic carboxylic acids is 1. The number of imidazole rings is 1. The Labute approximate surface area is 250 Å². The predicted octanol–water partition coefficient (Wildman–Crippen LogP) is 7.44. The summed E-state index contributed by atoms with van der Waals surface area (Å²) in [5, 5.41) is 12.9. The molecule has 0 fully saturated rings. The van der Waals surface area contributed by atoms with Crippen LogP contribution in [0, 0.1) is 6.92 Å². The number of nitrogens with zero attached hydrogens (tertiary/aromatic N) is 3. The molecule has 0 saturated carbocycles. The van der Waals surface area contributed by atoms with Crippen LogP contribution in [0.15, 0.2) is 79.0 Å². The summed E-state index contributed by atoms with van der Waals surface area (Å²) in [6.07, 6.45) is -3.59. The Morgan fingerprint density at radius 3 is 2.43 bits per heavy atom. The summed E-state index contributed by atoms with van der Waals surface area (Å²) in [6, 6.07) is 18.3. The zero-order valence-corrected chi connectivity index (χ0v) is 23.9. The van der Waals surface area contributed by atoms with E-state index in [-0.39, 0.29) is 29.1 Å². The monoisotopic (exact) mass is 603 g/mol. The van der Waals surface area contributed by atoms with Crippen LogP contribution in [-0.2, 0) is 12.7 Å². The zero-order valence-electron chi connectivity index (χ0n) is 23.9. The average Bonchev–Trinajstić information content (AvgIpc) is 3.40. The number of amides is 1. The lowest BCUT2D eigenvalue weighted by Gasteiger charge is -2.28.